The number of carbonyl (C=O) groups is 1. The molecule has 1 aromatic heterocycles. The zero-order valence-electron chi connectivity index (χ0n) is 18.4. The Bertz CT molecular complexity index is 1420. The third-order valence-electron chi connectivity index (χ3n) is 5.04. The SMILES string of the molecule is CCOc1ccccc1NC(=O)[C@H](C)Oc1c(-c2ccccc2Cl)oc2ccc(Cl)cc2c1=O. The highest BCUT2D eigenvalue weighted by Crippen LogP contribution is 2.36. The molecule has 1 heterocycles. The van der Waals surface area contributed by atoms with Crippen LogP contribution >= 0.6 is 23.2 Å². The number of hydrogen-bond donors (Lipinski definition) is 1. The minimum absolute atomic E-state index is 0.125. The van der Waals surface area contributed by atoms with Crippen molar-refractivity contribution in [2.24, 2.45) is 0 Å². The van der Waals surface area contributed by atoms with Gasteiger partial charge in [0.25, 0.3) is 5.91 Å². The lowest BCUT2D eigenvalue weighted by Crippen LogP contribution is -2.32. The van der Waals surface area contributed by atoms with E-state index in [9.17, 15) is 9.59 Å². The molecule has 0 aliphatic rings. The van der Waals surface area contributed by atoms with Crippen molar-refractivity contribution >= 4 is 45.8 Å². The first-order valence-electron chi connectivity index (χ1n) is 10.6. The highest BCUT2D eigenvalue weighted by Gasteiger charge is 2.24. The summed E-state index contributed by atoms with van der Waals surface area (Å²) in [5.74, 6) is 0.0495. The fraction of sp³-hybridized carbons (Fsp3) is 0.154. The van der Waals surface area contributed by atoms with Gasteiger partial charge in [0.05, 0.1) is 22.7 Å². The average molecular weight is 498 g/mol. The van der Waals surface area contributed by atoms with Gasteiger partial charge in [-0.1, -0.05) is 47.5 Å². The van der Waals surface area contributed by atoms with Crippen molar-refractivity contribution in [2.45, 2.75) is 20.0 Å². The summed E-state index contributed by atoms with van der Waals surface area (Å²) in [6.45, 7) is 3.84. The molecule has 0 saturated heterocycles. The largest absolute Gasteiger partial charge is 0.492 e. The van der Waals surface area contributed by atoms with E-state index < -0.39 is 17.4 Å². The van der Waals surface area contributed by atoms with Crippen molar-refractivity contribution in [1.82, 2.24) is 0 Å². The van der Waals surface area contributed by atoms with E-state index in [2.05, 4.69) is 5.32 Å². The number of fused-ring (bicyclic) bond motifs is 1. The predicted molar refractivity (Wildman–Crippen MR) is 134 cm³/mol. The summed E-state index contributed by atoms with van der Waals surface area (Å²) < 4.78 is 17.5. The van der Waals surface area contributed by atoms with Crippen LogP contribution in [0.4, 0.5) is 5.69 Å². The van der Waals surface area contributed by atoms with E-state index in [0.29, 0.717) is 39.2 Å². The van der Waals surface area contributed by atoms with E-state index in [4.69, 9.17) is 37.1 Å². The second kappa shape index (κ2) is 10.2. The molecule has 6 nitrogen and oxygen atoms in total. The summed E-state index contributed by atoms with van der Waals surface area (Å²) in [5.41, 5.74) is 0.809. The number of benzene rings is 3. The standard InChI is InChI=1S/C26H21Cl2NO5/c1-3-32-22-11-7-6-10-20(22)29-26(31)15(2)33-25-23(30)18-14-16(27)12-13-21(18)34-24(25)17-8-4-5-9-19(17)28/h4-15H,3H2,1-2H3,(H,29,31)/t15-/m0/s1. The first kappa shape index (κ1) is 23.7. The highest BCUT2D eigenvalue weighted by molar-refractivity contribution is 6.33. The molecule has 1 N–H and O–H groups in total. The lowest BCUT2D eigenvalue weighted by molar-refractivity contribution is -0.122. The number of nitrogens with one attached hydrogen (secondary N) is 1. The number of carbonyl (C=O) groups excluding carboxylic acids is 1. The summed E-state index contributed by atoms with van der Waals surface area (Å²) in [7, 11) is 0. The van der Waals surface area contributed by atoms with Crippen molar-refractivity contribution in [1.29, 1.82) is 0 Å². The minimum Gasteiger partial charge on any atom is -0.492 e. The van der Waals surface area contributed by atoms with Crippen LogP contribution in [0.2, 0.25) is 10.0 Å². The van der Waals surface area contributed by atoms with Crippen LogP contribution in [-0.2, 0) is 4.79 Å². The van der Waals surface area contributed by atoms with Gasteiger partial charge < -0.3 is 19.2 Å². The van der Waals surface area contributed by atoms with E-state index in [-0.39, 0.29) is 16.9 Å². The fourth-order valence-electron chi connectivity index (χ4n) is 3.40. The van der Waals surface area contributed by atoms with E-state index in [1.54, 1.807) is 54.6 Å². The fourth-order valence-corrected chi connectivity index (χ4v) is 3.79. The van der Waals surface area contributed by atoms with Crippen LogP contribution in [0.3, 0.4) is 0 Å². The molecule has 34 heavy (non-hydrogen) atoms. The highest BCUT2D eigenvalue weighted by atomic mass is 35.5. The van der Waals surface area contributed by atoms with Crippen LogP contribution in [0.5, 0.6) is 11.5 Å². The van der Waals surface area contributed by atoms with Gasteiger partial charge in [-0.25, -0.2) is 0 Å². The smallest absolute Gasteiger partial charge is 0.265 e. The zero-order chi connectivity index (χ0) is 24.2. The Hall–Kier alpha value is -3.48. The van der Waals surface area contributed by atoms with E-state index in [1.165, 1.54) is 13.0 Å². The Morgan fingerprint density at radius 3 is 2.56 bits per heavy atom. The molecule has 1 atom stereocenters. The number of amides is 1. The Morgan fingerprint density at radius 1 is 1.06 bits per heavy atom. The predicted octanol–water partition coefficient (Wildman–Crippen LogP) is 6.57. The Balaban J connectivity index is 1.74. The molecule has 0 aliphatic heterocycles. The Morgan fingerprint density at radius 2 is 1.79 bits per heavy atom. The van der Waals surface area contributed by atoms with Crippen molar-refractivity contribution in [2.75, 3.05) is 11.9 Å². The quantitative estimate of drug-likeness (QED) is 0.312. The topological polar surface area (TPSA) is 77.8 Å². The molecule has 3 aromatic carbocycles. The average Bonchev–Trinajstić information content (AvgIpc) is 2.83. The third-order valence-corrected chi connectivity index (χ3v) is 5.60. The van der Waals surface area contributed by atoms with Crippen LogP contribution in [-0.4, -0.2) is 18.6 Å². The lowest BCUT2D eigenvalue weighted by atomic mass is 10.1. The van der Waals surface area contributed by atoms with Gasteiger partial charge in [-0.3, -0.25) is 9.59 Å². The van der Waals surface area contributed by atoms with Crippen LogP contribution in [0.1, 0.15) is 13.8 Å². The number of anilines is 1. The van der Waals surface area contributed by atoms with Gasteiger partial charge in [-0.15, -0.1) is 0 Å². The summed E-state index contributed by atoms with van der Waals surface area (Å²) in [6.07, 6.45) is -1.05. The molecular formula is C26H21Cl2NO5. The summed E-state index contributed by atoms with van der Waals surface area (Å²) in [6, 6.07) is 18.7. The molecule has 0 saturated carbocycles. The summed E-state index contributed by atoms with van der Waals surface area (Å²) >= 11 is 12.5. The van der Waals surface area contributed by atoms with Crippen molar-refractivity contribution < 1.29 is 18.7 Å². The Kier molecular flexibility index (Phi) is 7.10. The van der Waals surface area contributed by atoms with Crippen LogP contribution in [0.15, 0.2) is 75.9 Å². The van der Waals surface area contributed by atoms with Crippen LogP contribution in [0.25, 0.3) is 22.3 Å². The molecule has 1 amide bonds. The maximum absolute atomic E-state index is 13.4. The second-order valence-corrected chi connectivity index (χ2v) is 8.23. The monoisotopic (exact) mass is 497 g/mol. The van der Waals surface area contributed by atoms with Crippen molar-refractivity contribution in [3.05, 3.63) is 87.0 Å². The van der Waals surface area contributed by atoms with Crippen molar-refractivity contribution in [3.8, 4) is 22.8 Å². The number of para-hydroxylation sites is 2. The molecule has 0 bridgehead atoms. The maximum atomic E-state index is 13.4. The number of rotatable bonds is 7. The molecular weight excluding hydrogens is 477 g/mol. The molecule has 174 valence electrons. The lowest BCUT2D eigenvalue weighted by Gasteiger charge is -2.18. The molecule has 0 spiro atoms. The molecule has 8 heteroatoms. The molecule has 0 unspecified atom stereocenters. The molecule has 0 aliphatic carbocycles. The van der Waals surface area contributed by atoms with Gasteiger partial charge in [0.2, 0.25) is 11.2 Å². The molecule has 4 aromatic rings. The van der Waals surface area contributed by atoms with Gasteiger partial charge in [0, 0.05) is 10.6 Å². The van der Waals surface area contributed by atoms with Gasteiger partial charge in [0.15, 0.2) is 11.9 Å². The zero-order valence-corrected chi connectivity index (χ0v) is 19.9. The summed E-state index contributed by atoms with van der Waals surface area (Å²) in [4.78, 5) is 26.3. The van der Waals surface area contributed by atoms with Gasteiger partial charge in [-0.2, -0.15) is 0 Å². The van der Waals surface area contributed by atoms with E-state index in [1.807, 2.05) is 13.0 Å². The number of hydrogen-bond acceptors (Lipinski definition) is 5. The first-order valence-corrected chi connectivity index (χ1v) is 11.3. The molecule has 0 radical (unpaired) electrons. The third kappa shape index (κ3) is 4.88. The van der Waals surface area contributed by atoms with Gasteiger partial charge in [-0.05, 0) is 56.3 Å². The molecule has 4 rings (SSSR count). The van der Waals surface area contributed by atoms with E-state index in [0.717, 1.165) is 0 Å². The van der Waals surface area contributed by atoms with Crippen LogP contribution in [0, 0.1) is 0 Å². The normalized spacial score (nSPS) is 11.8. The minimum atomic E-state index is -1.05. The van der Waals surface area contributed by atoms with E-state index >= 15 is 0 Å². The number of ether oxygens (including phenoxy) is 2. The maximum Gasteiger partial charge on any atom is 0.265 e. The second-order valence-electron chi connectivity index (χ2n) is 7.39. The van der Waals surface area contributed by atoms with Gasteiger partial charge in [0.1, 0.15) is 11.3 Å². The van der Waals surface area contributed by atoms with Crippen molar-refractivity contribution in [3.63, 3.8) is 0 Å². The van der Waals surface area contributed by atoms with Gasteiger partial charge >= 0.3 is 0 Å². The van der Waals surface area contributed by atoms with Crippen LogP contribution < -0.4 is 20.2 Å². The Labute approximate surface area is 206 Å². The number of halogens is 2. The summed E-state index contributed by atoms with van der Waals surface area (Å²) in [5, 5.41) is 3.75. The molecule has 0 fully saturated rings. The first-order chi connectivity index (χ1) is 16.4.